The molecule has 0 spiro atoms. The molecule has 1 unspecified atom stereocenters. The molecule has 0 radical (unpaired) electrons. The van der Waals surface area contributed by atoms with E-state index in [2.05, 4.69) is 43.3 Å². The van der Waals surface area contributed by atoms with Crippen LogP contribution in [-0.2, 0) is 5.54 Å². The van der Waals surface area contributed by atoms with Gasteiger partial charge < -0.3 is 9.84 Å². The summed E-state index contributed by atoms with van der Waals surface area (Å²) in [7, 11) is 0. The van der Waals surface area contributed by atoms with Crippen LogP contribution >= 0.6 is 15.9 Å². The number of aromatic nitrogens is 3. The highest BCUT2D eigenvalue weighted by Gasteiger charge is 2.39. The zero-order chi connectivity index (χ0) is 13.3. The van der Waals surface area contributed by atoms with Crippen LogP contribution in [0.1, 0.15) is 32.1 Å². The predicted octanol–water partition coefficient (Wildman–Crippen LogP) is 2.88. The minimum Gasteiger partial charge on any atom is -0.337 e. The van der Waals surface area contributed by atoms with E-state index in [0.717, 1.165) is 36.0 Å². The van der Waals surface area contributed by atoms with Gasteiger partial charge in [0.1, 0.15) is 5.69 Å². The summed E-state index contributed by atoms with van der Waals surface area (Å²) < 4.78 is 6.38. The van der Waals surface area contributed by atoms with Gasteiger partial charge in [0.2, 0.25) is 11.7 Å². The van der Waals surface area contributed by atoms with Crippen molar-refractivity contribution in [3.05, 3.63) is 28.7 Å². The quantitative estimate of drug-likeness (QED) is 0.941. The van der Waals surface area contributed by atoms with Crippen LogP contribution in [0.4, 0.5) is 0 Å². The summed E-state index contributed by atoms with van der Waals surface area (Å²) >= 11 is 3.36. The predicted molar refractivity (Wildman–Crippen MR) is 74.4 cm³/mol. The number of pyridine rings is 1. The molecular formula is C13H15BrN4O. The first-order valence-electron chi connectivity index (χ1n) is 6.45. The Balaban J connectivity index is 1.92. The molecule has 6 heteroatoms. The maximum Gasteiger partial charge on any atom is 0.247 e. The highest BCUT2D eigenvalue weighted by Crippen LogP contribution is 2.33. The molecule has 1 atom stereocenters. The van der Waals surface area contributed by atoms with Gasteiger partial charge in [-0.1, -0.05) is 12.1 Å². The Hall–Kier alpha value is -1.27. The standard InChI is InChI=1S/C13H15BrN4O/c1-2-13(6-3-7-16-13)12-17-11(18-19-12)10-5-4-9(14)8-15-10/h4-5,8,16H,2-3,6-7H2,1H3. The fourth-order valence-electron chi connectivity index (χ4n) is 2.47. The van der Waals surface area contributed by atoms with E-state index in [9.17, 15) is 0 Å². The van der Waals surface area contributed by atoms with Crippen molar-refractivity contribution in [1.29, 1.82) is 0 Å². The van der Waals surface area contributed by atoms with Gasteiger partial charge in [0.15, 0.2) is 0 Å². The van der Waals surface area contributed by atoms with E-state index in [1.165, 1.54) is 0 Å². The van der Waals surface area contributed by atoms with Crippen molar-refractivity contribution in [3.8, 4) is 11.5 Å². The minimum absolute atomic E-state index is 0.152. The molecule has 3 rings (SSSR count). The molecule has 0 bridgehead atoms. The third-order valence-corrected chi connectivity index (χ3v) is 4.11. The van der Waals surface area contributed by atoms with E-state index in [4.69, 9.17) is 4.52 Å². The molecule has 0 aromatic carbocycles. The number of halogens is 1. The molecule has 19 heavy (non-hydrogen) atoms. The van der Waals surface area contributed by atoms with Crippen LogP contribution in [0.25, 0.3) is 11.5 Å². The lowest BCUT2D eigenvalue weighted by Gasteiger charge is -2.22. The second-order valence-corrected chi connectivity index (χ2v) is 5.67. The molecule has 0 aliphatic carbocycles. The molecule has 2 aromatic heterocycles. The van der Waals surface area contributed by atoms with Crippen molar-refractivity contribution in [2.75, 3.05) is 6.54 Å². The summed E-state index contributed by atoms with van der Waals surface area (Å²) in [5.41, 5.74) is 0.572. The van der Waals surface area contributed by atoms with Crippen LogP contribution in [0.2, 0.25) is 0 Å². The first-order chi connectivity index (χ1) is 9.23. The Morgan fingerprint density at radius 2 is 2.37 bits per heavy atom. The first kappa shape index (κ1) is 12.7. The Morgan fingerprint density at radius 1 is 1.47 bits per heavy atom. The SMILES string of the molecule is CCC1(c2nc(-c3ccc(Br)cn3)no2)CCCN1. The summed E-state index contributed by atoms with van der Waals surface area (Å²) in [4.78, 5) is 8.80. The first-order valence-corrected chi connectivity index (χ1v) is 7.24. The van der Waals surface area contributed by atoms with Crippen molar-refractivity contribution in [2.45, 2.75) is 31.7 Å². The lowest BCUT2D eigenvalue weighted by atomic mass is 9.94. The maximum absolute atomic E-state index is 5.45. The van der Waals surface area contributed by atoms with E-state index in [1.807, 2.05) is 12.1 Å². The zero-order valence-corrected chi connectivity index (χ0v) is 12.3. The van der Waals surface area contributed by atoms with Gasteiger partial charge in [0.25, 0.3) is 0 Å². The molecule has 3 heterocycles. The van der Waals surface area contributed by atoms with Gasteiger partial charge in [0.05, 0.1) is 5.54 Å². The lowest BCUT2D eigenvalue weighted by molar-refractivity contribution is 0.250. The average molecular weight is 323 g/mol. The molecule has 1 N–H and O–H groups in total. The smallest absolute Gasteiger partial charge is 0.247 e. The molecule has 100 valence electrons. The van der Waals surface area contributed by atoms with E-state index in [1.54, 1.807) is 6.20 Å². The largest absolute Gasteiger partial charge is 0.337 e. The average Bonchev–Trinajstić information content (AvgIpc) is 3.09. The summed E-state index contributed by atoms with van der Waals surface area (Å²) in [6.07, 6.45) is 4.86. The molecule has 1 saturated heterocycles. The van der Waals surface area contributed by atoms with Gasteiger partial charge in [-0.3, -0.25) is 4.98 Å². The topological polar surface area (TPSA) is 63.8 Å². The van der Waals surface area contributed by atoms with E-state index < -0.39 is 0 Å². The van der Waals surface area contributed by atoms with Gasteiger partial charge in [-0.15, -0.1) is 0 Å². The number of hydrogen-bond acceptors (Lipinski definition) is 5. The second kappa shape index (κ2) is 5.02. The molecule has 5 nitrogen and oxygen atoms in total. The summed E-state index contributed by atoms with van der Waals surface area (Å²) in [6.45, 7) is 3.14. The minimum atomic E-state index is -0.152. The monoisotopic (exact) mass is 322 g/mol. The summed E-state index contributed by atoms with van der Waals surface area (Å²) in [5, 5.41) is 7.54. The Morgan fingerprint density at radius 3 is 3.00 bits per heavy atom. The molecule has 0 amide bonds. The fourth-order valence-corrected chi connectivity index (χ4v) is 2.71. The van der Waals surface area contributed by atoms with E-state index in [0.29, 0.717) is 11.7 Å². The van der Waals surface area contributed by atoms with Crippen molar-refractivity contribution in [2.24, 2.45) is 0 Å². The van der Waals surface area contributed by atoms with Crippen LogP contribution in [0.3, 0.4) is 0 Å². The highest BCUT2D eigenvalue weighted by atomic mass is 79.9. The van der Waals surface area contributed by atoms with Crippen LogP contribution < -0.4 is 5.32 Å². The Kier molecular flexibility index (Phi) is 3.36. The molecule has 1 aliphatic rings. The molecule has 1 fully saturated rings. The number of nitrogens with one attached hydrogen (secondary N) is 1. The molecule has 2 aromatic rings. The van der Waals surface area contributed by atoms with Crippen molar-refractivity contribution < 1.29 is 4.52 Å². The number of nitrogens with zero attached hydrogens (tertiary/aromatic N) is 3. The van der Waals surface area contributed by atoms with Crippen LogP contribution in [0.5, 0.6) is 0 Å². The maximum atomic E-state index is 5.45. The van der Waals surface area contributed by atoms with Crippen LogP contribution in [0.15, 0.2) is 27.3 Å². The third-order valence-electron chi connectivity index (χ3n) is 3.64. The van der Waals surface area contributed by atoms with Crippen molar-refractivity contribution in [3.63, 3.8) is 0 Å². The van der Waals surface area contributed by atoms with Gasteiger partial charge in [-0.05, 0) is 53.9 Å². The lowest BCUT2D eigenvalue weighted by Crippen LogP contribution is -2.36. The van der Waals surface area contributed by atoms with Gasteiger partial charge in [-0.2, -0.15) is 4.98 Å². The van der Waals surface area contributed by atoms with E-state index >= 15 is 0 Å². The second-order valence-electron chi connectivity index (χ2n) is 4.75. The Bertz CT molecular complexity index is 560. The molecule has 0 saturated carbocycles. The van der Waals surface area contributed by atoms with Crippen molar-refractivity contribution in [1.82, 2.24) is 20.4 Å². The van der Waals surface area contributed by atoms with Crippen LogP contribution in [-0.4, -0.2) is 21.7 Å². The number of hydrogen-bond donors (Lipinski definition) is 1. The third kappa shape index (κ3) is 2.30. The number of rotatable bonds is 3. The Labute approximate surface area is 119 Å². The molecule has 1 aliphatic heterocycles. The highest BCUT2D eigenvalue weighted by molar-refractivity contribution is 9.10. The molecular weight excluding hydrogens is 308 g/mol. The summed E-state index contributed by atoms with van der Waals surface area (Å²) in [5.74, 6) is 1.22. The van der Waals surface area contributed by atoms with E-state index in [-0.39, 0.29) is 5.54 Å². The van der Waals surface area contributed by atoms with Gasteiger partial charge in [0, 0.05) is 10.7 Å². The summed E-state index contributed by atoms with van der Waals surface area (Å²) in [6, 6.07) is 3.79. The van der Waals surface area contributed by atoms with Gasteiger partial charge in [-0.25, -0.2) is 0 Å². The van der Waals surface area contributed by atoms with Gasteiger partial charge >= 0.3 is 0 Å². The van der Waals surface area contributed by atoms with Crippen LogP contribution in [0, 0.1) is 0 Å². The normalized spacial score (nSPS) is 22.8. The van der Waals surface area contributed by atoms with Crippen molar-refractivity contribution >= 4 is 15.9 Å². The zero-order valence-electron chi connectivity index (χ0n) is 10.7. The fraction of sp³-hybridized carbons (Fsp3) is 0.462.